The molecular weight excluding hydrogens is 390 g/mol. The van der Waals surface area contributed by atoms with Gasteiger partial charge in [0, 0.05) is 31.6 Å². The Hall–Kier alpha value is -2.61. The lowest BCUT2D eigenvalue weighted by atomic mass is 9.89. The number of nitrogens with one attached hydrogen (secondary N) is 1. The summed E-state index contributed by atoms with van der Waals surface area (Å²) >= 11 is 1.55. The largest absolute Gasteiger partial charge is 0.493 e. The number of nitrogens with zero attached hydrogens (tertiary/aromatic N) is 2. The highest BCUT2D eigenvalue weighted by Gasteiger charge is 2.31. The zero-order valence-electron chi connectivity index (χ0n) is 17.0. The lowest BCUT2D eigenvalue weighted by Crippen LogP contribution is -2.43. The lowest BCUT2D eigenvalue weighted by Gasteiger charge is -2.35. The van der Waals surface area contributed by atoms with E-state index in [1.165, 1.54) is 6.92 Å². The molecule has 3 rings (SSSR count). The van der Waals surface area contributed by atoms with Crippen LogP contribution in [0.4, 0.5) is 0 Å². The van der Waals surface area contributed by atoms with Crippen LogP contribution in [-0.4, -0.2) is 49.0 Å². The van der Waals surface area contributed by atoms with Crippen LogP contribution >= 0.6 is 11.3 Å². The number of hydrogen-bond donors (Lipinski definition) is 1. The highest BCUT2D eigenvalue weighted by molar-refractivity contribution is 7.09. The third-order valence-electron chi connectivity index (χ3n) is 5.24. The summed E-state index contributed by atoms with van der Waals surface area (Å²) in [6.45, 7) is 2.89. The average Bonchev–Trinajstić information content (AvgIpc) is 3.26. The van der Waals surface area contributed by atoms with Gasteiger partial charge in [-0.15, -0.1) is 11.3 Å². The van der Waals surface area contributed by atoms with Crippen molar-refractivity contribution in [1.82, 2.24) is 15.2 Å². The van der Waals surface area contributed by atoms with E-state index in [4.69, 9.17) is 9.47 Å². The molecule has 1 aromatic heterocycles. The molecule has 0 bridgehead atoms. The van der Waals surface area contributed by atoms with Gasteiger partial charge in [0.1, 0.15) is 5.01 Å². The van der Waals surface area contributed by atoms with Crippen molar-refractivity contribution in [2.45, 2.75) is 32.2 Å². The van der Waals surface area contributed by atoms with E-state index in [0.717, 1.165) is 23.4 Å². The van der Waals surface area contributed by atoms with Gasteiger partial charge in [0.25, 0.3) is 0 Å². The molecule has 1 aliphatic rings. The summed E-state index contributed by atoms with van der Waals surface area (Å²) in [5, 5.41) is 5.89. The molecule has 1 atom stereocenters. The van der Waals surface area contributed by atoms with Crippen molar-refractivity contribution in [3.05, 3.63) is 40.3 Å². The molecule has 2 amide bonds. The quantitative estimate of drug-likeness (QED) is 0.749. The Bertz CT molecular complexity index is 832. The maximum Gasteiger partial charge on any atom is 0.226 e. The third-order valence-corrected chi connectivity index (χ3v) is 6.10. The van der Waals surface area contributed by atoms with Crippen LogP contribution in [-0.2, 0) is 16.0 Å². The number of carbonyl (C=O) groups is 2. The van der Waals surface area contributed by atoms with E-state index in [1.807, 2.05) is 28.5 Å². The maximum absolute atomic E-state index is 12.8. The lowest BCUT2D eigenvalue weighted by molar-refractivity contribution is -0.132. The van der Waals surface area contributed by atoms with Crippen LogP contribution in [0.5, 0.6) is 11.5 Å². The predicted molar refractivity (Wildman–Crippen MR) is 111 cm³/mol. The number of benzene rings is 1. The molecule has 2 heterocycles. The van der Waals surface area contributed by atoms with Crippen LogP contribution in [0.1, 0.15) is 36.4 Å². The van der Waals surface area contributed by atoms with Gasteiger partial charge in [-0.25, -0.2) is 4.98 Å². The number of piperidine rings is 1. The zero-order chi connectivity index (χ0) is 20.8. The molecular formula is C21H27N3O4S. The van der Waals surface area contributed by atoms with E-state index < -0.39 is 0 Å². The molecule has 0 spiro atoms. The second kappa shape index (κ2) is 9.73. The molecule has 0 saturated carbocycles. The summed E-state index contributed by atoms with van der Waals surface area (Å²) in [5.41, 5.74) is 0.897. The van der Waals surface area contributed by atoms with Crippen molar-refractivity contribution in [2.75, 3.05) is 27.3 Å². The predicted octanol–water partition coefficient (Wildman–Crippen LogP) is 2.82. The number of ether oxygens (including phenoxy) is 2. The molecule has 156 valence electrons. The maximum atomic E-state index is 12.8. The standard InChI is InChI=1S/C21H27N3O4S/c1-14(25)23-20(21-22-8-11-29-21)16-6-9-24(10-7-16)19(26)13-15-4-5-17(27-2)18(12-15)28-3/h4-5,8,11-12,16,20H,6-7,9-10,13H2,1-3H3,(H,23,25). The molecule has 1 aliphatic heterocycles. The van der Waals surface area contributed by atoms with Crippen molar-refractivity contribution >= 4 is 23.2 Å². The number of likely N-dealkylation sites (tertiary alicyclic amines) is 1. The SMILES string of the molecule is COc1ccc(CC(=O)N2CCC(C(NC(C)=O)c3nccs3)CC2)cc1OC. The molecule has 0 aliphatic carbocycles. The molecule has 8 heteroatoms. The van der Waals surface area contributed by atoms with Crippen molar-refractivity contribution in [2.24, 2.45) is 5.92 Å². The first-order valence-electron chi connectivity index (χ1n) is 9.67. The first-order chi connectivity index (χ1) is 14.0. The highest BCUT2D eigenvalue weighted by atomic mass is 32.1. The molecule has 0 radical (unpaired) electrons. The smallest absolute Gasteiger partial charge is 0.226 e. The fourth-order valence-corrected chi connectivity index (χ4v) is 4.53. The van der Waals surface area contributed by atoms with E-state index in [-0.39, 0.29) is 23.8 Å². The fraction of sp³-hybridized carbons (Fsp3) is 0.476. The Morgan fingerprint density at radius 3 is 2.55 bits per heavy atom. The number of thiazole rings is 1. The van der Waals surface area contributed by atoms with E-state index in [2.05, 4.69) is 10.3 Å². The summed E-state index contributed by atoms with van der Waals surface area (Å²) in [4.78, 5) is 30.7. The molecule has 1 saturated heterocycles. The Morgan fingerprint density at radius 1 is 1.24 bits per heavy atom. The average molecular weight is 418 g/mol. The van der Waals surface area contributed by atoms with Gasteiger partial charge in [0.2, 0.25) is 11.8 Å². The summed E-state index contributed by atoms with van der Waals surface area (Å²) in [6.07, 6.45) is 3.76. The number of rotatable bonds is 7. The summed E-state index contributed by atoms with van der Waals surface area (Å²) in [7, 11) is 3.18. The topological polar surface area (TPSA) is 80.8 Å². The number of amides is 2. The number of carbonyl (C=O) groups excluding carboxylic acids is 2. The molecule has 1 fully saturated rings. The van der Waals surface area contributed by atoms with Crippen molar-refractivity contribution in [3.8, 4) is 11.5 Å². The second-order valence-corrected chi connectivity index (χ2v) is 8.06. The van der Waals surface area contributed by atoms with Gasteiger partial charge in [-0.3, -0.25) is 9.59 Å². The number of hydrogen-bond acceptors (Lipinski definition) is 6. The number of aromatic nitrogens is 1. The van der Waals surface area contributed by atoms with Crippen molar-refractivity contribution in [3.63, 3.8) is 0 Å². The van der Waals surface area contributed by atoms with Crippen molar-refractivity contribution in [1.29, 1.82) is 0 Å². The Labute approximate surface area is 175 Å². The Kier molecular flexibility index (Phi) is 7.09. The molecule has 1 aromatic carbocycles. The molecule has 1 unspecified atom stereocenters. The minimum Gasteiger partial charge on any atom is -0.493 e. The minimum absolute atomic E-state index is 0.0582. The van der Waals surface area contributed by atoms with E-state index >= 15 is 0 Å². The normalized spacial score (nSPS) is 15.6. The van der Waals surface area contributed by atoms with Gasteiger partial charge in [0.05, 0.1) is 26.7 Å². The van der Waals surface area contributed by atoms with Crippen LogP contribution in [0.15, 0.2) is 29.8 Å². The Balaban J connectivity index is 1.59. The van der Waals surface area contributed by atoms with Crippen LogP contribution in [0.2, 0.25) is 0 Å². The van der Waals surface area contributed by atoms with Crippen LogP contribution in [0.25, 0.3) is 0 Å². The van der Waals surface area contributed by atoms with E-state index in [9.17, 15) is 9.59 Å². The summed E-state index contributed by atoms with van der Waals surface area (Å²) in [5.74, 6) is 1.59. The minimum atomic E-state index is -0.0874. The zero-order valence-corrected chi connectivity index (χ0v) is 17.8. The first kappa shape index (κ1) is 21.1. The van der Waals surface area contributed by atoms with Crippen molar-refractivity contribution < 1.29 is 19.1 Å². The number of methoxy groups -OCH3 is 2. The second-order valence-electron chi connectivity index (χ2n) is 7.13. The van der Waals surface area contributed by atoms with Gasteiger partial charge in [-0.05, 0) is 36.5 Å². The van der Waals surface area contributed by atoms with Gasteiger partial charge < -0.3 is 19.7 Å². The Morgan fingerprint density at radius 2 is 1.97 bits per heavy atom. The molecule has 1 N–H and O–H groups in total. The molecule has 7 nitrogen and oxygen atoms in total. The summed E-state index contributed by atoms with van der Waals surface area (Å²) < 4.78 is 10.6. The molecule has 2 aromatic rings. The van der Waals surface area contributed by atoms with Gasteiger partial charge >= 0.3 is 0 Å². The fourth-order valence-electron chi connectivity index (χ4n) is 3.75. The highest BCUT2D eigenvalue weighted by Crippen LogP contribution is 2.32. The van der Waals surface area contributed by atoms with Crippen LogP contribution < -0.4 is 14.8 Å². The first-order valence-corrected chi connectivity index (χ1v) is 10.5. The monoisotopic (exact) mass is 417 g/mol. The van der Waals surface area contributed by atoms with Crippen LogP contribution in [0.3, 0.4) is 0 Å². The van der Waals surface area contributed by atoms with E-state index in [1.54, 1.807) is 31.8 Å². The van der Waals surface area contributed by atoms with E-state index in [0.29, 0.717) is 31.0 Å². The van der Waals surface area contributed by atoms with Crippen LogP contribution in [0, 0.1) is 5.92 Å². The molecule has 29 heavy (non-hydrogen) atoms. The van der Waals surface area contributed by atoms with Gasteiger partial charge in [0.15, 0.2) is 11.5 Å². The summed E-state index contributed by atoms with van der Waals surface area (Å²) in [6, 6.07) is 5.47. The van der Waals surface area contributed by atoms with Gasteiger partial charge in [-0.2, -0.15) is 0 Å². The van der Waals surface area contributed by atoms with Gasteiger partial charge in [-0.1, -0.05) is 6.07 Å². The third kappa shape index (κ3) is 5.26.